The minimum Gasteiger partial charge on any atom is -0.242 e. The van der Waals surface area contributed by atoms with E-state index >= 15 is 0 Å². The second-order valence-corrected chi connectivity index (χ2v) is 19.4. The average Bonchev–Trinajstić information content (AvgIpc) is 2.52. The normalized spacial score (nSPS) is 12.3. The third-order valence-corrected chi connectivity index (χ3v) is 12.5. The van der Waals surface area contributed by atoms with Crippen LogP contribution < -0.4 is 0 Å². The number of hydrogen-bond acceptors (Lipinski definition) is 5. The molecular weight excluding hydrogens is 778 g/mol. The molecule has 0 N–H and O–H groups in total. The highest BCUT2D eigenvalue weighted by Crippen LogP contribution is 2.42. The van der Waals surface area contributed by atoms with Crippen LogP contribution in [0.4, 0.5) is 0 Å². The highest BCUT2D eigenvalue weighted by Gasteiger charge is 2.36. The highest BCUT2D eigenvalue weighted by molar-refractivity contribution is 9.42. The Balaban J connectivity index is 0.000000260. The van der Waals surface area contributed by atoms with Crippen LogP contribution in [0.5, 0.6) is 0 Å². The van der Waals surface area contributed by atoms with Crippen LogP contribution in [-0.2, 0) is 19.7 Å². The monoisotopic (exact) mass is 781 g/mol. The van der Waals surface area contributed by atoms with Gasteiger partial charge in [0.15, 0.2) is 14.9 Å². The van der Waals surface area contributed by atoms with Crippen LogP contribution in [0.15, 0.2) is 59.9 Å². The van der Waals surface area contributed by atoms with E-state index in [1.807, 2.05) is 0 Å². The Morgan fingerprint density at radius 2 is 1.38 bits per heavy atom. The number of pyridine rings is 1. The molecule has 26 heavy (non-hydrogen) atoms. The summed E-state index contributed by atoms with van der Waals surface area (Å²) in [4.78, 5) is 4.05. The topological polar surface area (TPSA) is 81.2 Å². The van der Waals surface area contributed by atoms with Gasteiger partial charge in [0.1, 0.15) is 0 Å². The maximum atomic E-state index is 11.7. The number of benzene rings is 1. The Kier molecular flexibility index (Phi) is 9.46. The first-order chi connectivity index (χ1) is 11.7. The van der Waals surface area contributed by atoms with E-state index in [-0.39, 0.29) is 9.92 Å². The third kappa shape index (κ3) is 6.60. The molecule has 0 saturated heterocycles. The number of rotatable bonds is 2. The molecular formula is C13H9Br6NO4S2. The van der Waals surface area contributed by atoms with Gasteiger partial charge < -0.3 is 0 Å². The fraction of sp³-hybridized carbons (Fsp3) is 0.154. The lowest BCUT2D eigenvalue weighted by Gasteiger charge is -2.12. The molecule has 0 bridgehead atoms. The second kappa shape index (κ2) is 9.77. The van der Waals surface area contributed by atoms with Crippen molar-refractivity contribution in [3.8, 4) is 0 Å². The number of hydrogen-bond donors (Lipinski definition) is 0. The zero-order valence-corrected chi connectivity index (χ0v) is 23.8. The van der Waals surface area contributed by atoms with E-state index in [0.29, 0.717) is 13.4 Å². The van der Waals surface area contributed by atoms with Gasteiger partial charge in [-0.05, 0) is 108 Å². The van der Waals surface area contributed by atoms with Crippen molar-refractivity contribution in [1.29, 1.82) is 0 Å². The van der Waals surface area contributed by atoms with Gasteiger partial charge in [0.25, 0.3) is 0 Å². The van der Waals surface area contributed by atoms with Gasteiger partial charge in [-0.15, -0.1) is 0 Å². The standard InChI is InChI=1S/C7H5Br3O2S.C6H4Br3NO2S/c8-7(9,10)13(11,12)6-4-2-1-3-5-6;1-13(11,12)6-5(9)4(8)3(7)2-10-6/h1-5H;2H,1H3. The van der Waals surface area contributed by atoms with E-state index in [1.165, 1.54) is 18.3 Å². The lowest BCUT2D eigenvalue weighted by atomic mass is 10.4. The van der Waals surface area contributed by atoms with Crippen molar-refractivity contribution < 1.29 is 16.8 Å². The number of aromatic nitrogens is 1. The molecule has 0 spiro atoms. The lowest BCUT2D eigenvalue weighted by molar-refractivity contribution is 0.596. The smallest absolute Gasteiger partial charge is 0.239 e. The summed E-state index contributed by atoms with van der Waals surface area (Å²) in [5.41, 5.74) is 0. The molecule has 0 aliphatic heterocycles. The van der Waals surface area contributed by atoms with Crippen molar-refractivity contribution in [1.82, 2.24) is 4.98 Å². The van der Waals surface area contributed by atoms with Gasteiger partial charge in [-0.3, -0.25) is 0 Å². The summed E-state index contributed by atoms with van der Waals surface area (Å²) in [5, 5.41) is 0.0302. The van der Waals surface area contributed by atoms with Crippen LogP contribution in [0.1, 0.15) is 0 Å². The van der Waals surface area contributed by atoms with Crippen molar-refractivity contribution in [2.75, 3.05) is 6.26 Å². The maximum absolute atomic E-state index is 11.7. The number of sulfone groups is 2. The first-order valence-electron chi connectivity index (χ1n) is 6.25. The quantitative estimate of drug-likeness (QED) is 0.348. The van der Waals surface area contributed by atoms with Gasteiger partial charge >= 0.3 is 0 Å². The summed E-state index contributed by atoms with van der Waals surface area (Å²) in [6, 6.07) is 8.18. The molecule has 0 radical (unpaired) electrons. The van der Waals surface area contributed by atoms with Crippen LogP contribution >= 0.6 is 95.6 Å². The summed E-state index contributed by atoms with van der Waals surface area (Å²) in [6.07, 6.45) is 2.55. The fourth-order valence-electron chi connectivity index (χ4n) is 1.42. The predicted octanol–water partition coefficient (Wildman–Crippen LogP) is 6.03. The Hall–Kier alpha value is 1.15. The van der Waals surface area contributed by atoms with Crippen LogP contribution in [0, 0.1) is 0 Å². The summed E-state index contributed by atoms with van der Waals surface area (Å²) >= 11 is 18.5. The molecule has 0 atom stereocenters. The molecule has 2 aromatic rings. The second-order valence-electron chi connectivity index (χ2n) is 4.57. The molecule has 5 nitrogen and oxygen atoms in total. The Labute approximate surface area is 202 Å². The van der Waals surface area contributed by atoms with Gasteiger partial charge in [-0.2, -0.15) is 0 Å². The lowest BCUT2D eigenvalue weighted by Crippen LogP contribution is -2.17. The van der Waals surface area contributed by atoms with Crippen molar-refractivity contribution in [3.05, 3.63) is 49.9 Å². The Morgan fingerprint density at radius 3 is 1.81 bits per heavy atom. The molecule has 1 aromatic carbocycles. The minimum absolute atomic E-state index is 0.0302. The van der Waals surface area contributed by atoms with E-state index in [0.717, 1.165) is 6.26 Å². The predicted molar refractivity (Wildman–Crippen MR) is 124 cm³/mol. The molecule has 2 rings (SSSR count). The van der Waals surface area contributed by atoms with Crippen LogP contribution in [0.25, 0.3) is 0 Å². The zero-order chi connectivity index (χ0) is 20.3. The summed E-state index contributed by atoms with van der Waals surface area (Å²) in [7, 11) is -6.71. The van der Waals surface area contributed by atoms with Crippen molar-refractivity contribution in [2.45, 2.75) is 11.4 Å². The van der Waals surface area contributed by atoms with E-state index < -0.39 is 21.1 Å². The van der Waals surface area contributed by atoms with Crippen molar-refractivity contribution >= 4 is 115 Å². The van der Waals surface area contributed by atoms with Crippen molar-refractivity contribution in [3.63, 3.8) is 0 Å². The van der Waals surface area contributed by atoms with E-state index in [4.69, 9.17) is 0 Å². The summed E-state index contributed by atoms with van der Waals surface area (Å²) in [5.74, 6) is 0. The molecule has 1 heterocycles. The molecule has 0 aliphatic rings. The highest BCUT2D eigenvalue weighted by atomic mass is 80.0. The van der Waals surface area contributed by atoms with E-state index in [2.05, 4.69) is 101 Å². The minimum atomic E-state index is -3.43. The Morgan fingerprint density at radius 1 is 0.885 bits per heavy atom. The molecule has 0 saturated carbocycles. The molecule has 0 unspecified atom stereocenters. The SMILES string of the molecule is CS(=O)(=O)c1ncc(Br)c(Br)c1Br.O=S(=O)(c1ccccc1)C(Br)(Br)Br. The first kappa shape index (κ1) is 25.2. The van der Waals surface area contributed by atoms with Crippen LogP contribution in [0.3, 0.4) is 0 Å². The van der Waals surface area contributed by atoms with E-state index in [1.54, 1.807) is 18.2 Å². The first-order valence-corrected chi connectivity index (χ1v) is 14.4. The third-order valence-electron chi connectivity index (χ3n) is 2.59. The summed E-state index contributed by atoms with van der Waals surface area (Å²) < 4.78 is 46.3. The van der Waals surface area contributed by atoms with Crippen LogP contribution in [0.2, 0.25) is 0 Å². The number of nitrogens with zero attached hydrogens (tertiary/aromatic N) is 1. The molecule has 13 heteroatoms. The average molecular weight is 787 g/mol. The Bertz CT molecular complexity index is 989. The summed E-state index contributed by atoms with van der Waals surface area (Å²) in [6.45, 7) is 0. The molecule has 0 fully saturated rings. The fourth-order valence-corrected chi connectivity index (χ4v) is 6.74. The van der Waals surface area contributed by atoms with E-state index in [9.17, 15) is 16.8 Å². The molecule has 144 valence electrons. The van der Waals surface area contributed by atoms with Gasteiger partial charge in [0.05, 0.1) is 18.3 Å². The maximum Gasteiger partial charge on any atom is 0.239 e. The molecule has 1 aromatic heterocycles. The molecule has 0 aliphatic carbocycles. The van der Waals surface area contributed by atoms with Gasteiger partial charge in [0, 0.05) is 12.5 Å². The van der Waals surface area contributed by atoms with Gasteiger partial charge in [-0.25, -0.2) is 21.8 Å². The number of alkyl halides is 3. The van der Waals surface area contributed by atoms with Gasteiger partial charge in [0.2, 0.25) is 11.3 Å². The van der Waals surface area contributed by atoms with Crippen LogP contribution in [-0.4, -0.2) is 29.6 Å². The largest absolute Gasteiger partial charge is 0.242 e. The number of halogens is 6. The van der Waals surface area contributed by atoms with Crippen molar-refractivity contribution in [2.24, 2.45) is 0 Å². The molecule has 0 amide bonds. The zero-order valence-electron chi connectivity index (χ0n) is 12.6. The van der Waals surface area contributed by atoms with Gasteiger partial charge in [-0.1, -0.05) is 18.2 Å².